The van der Waals surface area contributed by atoms with Crippen molar-refractivity contribution in [3.63, 3.8) is 0 Å². The van der Waals surface area contributed by atoms with Gasteiger partial charge in [0.15, 0.2) is 0 Å². The summed E-state index contributed by atoms with van der Waals surface area (Å²) in [5, 5.41) is 11.5. The van der Waals surface area contributed by atoms with Gasteiger partial charge in [-0.15, -0.1) is 0 Å². The fourth-order valence-corrected chi connectivity index (χ4v) is 0.921. The quantitative estimate of drug-likeness (QED) is 0.445. The first kappa shape index (κ1) is 11.5. The molecule has 0 aliphatic heterocycles. The monoisotopic (exact) mass is 189 g/mol. The molecule has 0 amide bonds. The van der Waals surface area contributed by atoms with Crippen LogP contribution in [0.25, 0.3) is 0 Å². The van der Waals surface area contributed by atoms with Crippen molar-refractivity contribution in [2.45, 2.75) is 19.9 Å². The van der Waals surface area contributed by atoms with E-state index in [0.717, 1.165) is 0 Å². The van der Waals surface area contributed by atoms with E-state index in [1.807, 2.05) is 19.9 Å². The highest BCUT2D eigenvalue weighted by molar-refractivity contribution is 7.80. The Morgan fingerprint density at radius 2 is 2.25 bits per heavy atom. The molecule has 0 heterocycles. The number of allylic oxidation sites excluding steroid dienone is 1. The van der Waals surface area contributed by atoms with Crippen LogP contribution in [-0.4, -0.2) is 29.4 Å². The van der Waals surface area contributed by atoms with E-state index in [0.29, 0.717) is 12.3 Å². The largest absolute Gasteiger partial charge is 0.480 e. The third-order valence-electron chi connectivity index (χ3n) is 1.36. The summed E-state index contributed by atoms with van der Waals surface area (Å²) < 4.78 is 0. The van der Waals surface area contributed by atoms with E-state index < -0.39 is 12.0 Å². The van der Waals surface area contributed by atoms with Gasteiger partial charge in [-0.1, -0.05) is 11.6 Å². The van der Waals surface area contributed by atoms with Crippen molar-refractivity contribution in [3.05, 3.63) is 11.6 Å². The lowest BCUT2D eigenvalue weighted by Gasteiger charge is -2.09. The topological polar surface area (TPSA) is 49.3 Å². The molecule has 70 valence electrons. The first-order valence-corrected chi connectivity index (χ1v) is 4.41. The Balaban J connectivity index is 3.74. The van der Waals surface area contributed by atoms with Crippen molar-refractivity contribution in [3.8, 4) is 0 Å². The number of hydrogen-bond acceptors (Lipinski definition) is 3. The van der Waals surface area contributed by atoms with Crippen LogP contribution in [0, 0.1) is 0 Å². The highest BCUT2D eigenvalue weighted by Crippen LogP contribution is 1.90. The zero-order valence-corrected chi connectivity index (χ0v) is 8.27. The van der Waals surface area contributed by atoms with Gasteiger partial charge in [0.1, 0.15) is 6.04 Å². The lowest BCUT2D eigenvalue weighted by atomic mass is 10.3. The van der Waals surface area contributed by atoms with Gasteiger partial charge in [-0.3, -0.25) is 4.79 Å². The Bertz CT molecular complexity index is 176. The summed E-state index contributed by atoms with van der Waals surface area (Å²) in [6.07, 6.45) is 1.94. The molecule has 4 heteroatoms. The average Bonchev–Trinajstić information content (AvgIpc) is 1.96. The number of nitrogens with one attached hydrogen (secondary N) is 1. The molecule has 0 aliphatic rings. The van der Waals surface area contributed by atoms with Crippen LogP contribution in [0.4, 0.5) is 0 Å². The van der Waals surface area contributed by atoms with Crippen LogP contribution < -0.4 is 5.32 Å². The minimum absolute atomic E-state index is 0.311. The van der Waals surface area contributed by atoms with Gasteiger partial charge < -0.3 is 10.4 Å². The summed E-state index contributed by atoms with van der Waals surface area (Å²) in [6, 6.07) is -0.552. The van der Waals surface area contributed by atoms with Crippen molar-refractivity contribution in [1.29, 1.82) is 0 Å². The summed E-state index contributed by atoms with van der Waals surface area (Å²) in [7, 11) is 0. The molecule has 12 heavy (non-hydrogen) atoms. The van der Waals surface area contributed by atoms with Crippen LogP contribution >= 0.6 is 12.6 Å². The maximum atomic E-state index is 10.5. The molecule has 0 fully saturated rings. The van der Waals surface area contributed by atoms with Crippen LogP contribution in [0.1, 0.15) is 13.8 Å². The fourth-order valence-electron chi connectivity index (χ4n) is 0.635. The Labute approximate surface area is 78.3 Å². The number of aliphatic carboxylic acids is 1. The number of rotatable bonds is 5. The van der Waals surface area contributed by atoms with Crippen LogP contribution in [0.5, 0.6) is 0 Å². The third-order valence-corrected chi connectivity index (χ3v) is 1.72. The van der Waals surface area contributed by atoms with Crippen molar-refractivity contribution in [1.82, 2.24) is 5.32 Å². The fraction of sp³-hybridized carbons (Fsp3) is 0.625. The van der Waals surface area contributed by atoms with E-state index in [4.69, 9.17) is 5.11 Å². The maximum Gasteiger partial charge on any atom is 0.321 e. The summed E-state index contributed by atoms with van der Waals surface area (Å²) in [5.41, 5.74) is 1.17. The number of hydrogen-bond donors (Lipinski definition) is 3. The second-order valence-electron chi connectivity index (χ2n) is 2.76. The van der Waals surface area contributed by atoms with Crippen molar-refractivity contribution >= 4 is 18.6 Å². The molecular weight excluding hydrogens is 174 g/mol. The van der Waals surface area contributed by atoms with Gasteiger partial charge in [-0.25, -0.2) is 0 Å². The van der Waals surface area contributed by atoms with Crippen LogP contribution in [0.15, 0.2) is 11.6 Å². The molecule has 1 atom stereocenters. The second kappa shape index (κ2) is 6.08. The highest BCUT2D eigenvalue weighted by Gasteiger charge is 2.12. The van der Waals surface area contributed by atoms with Gasteiger partial charge in [-0.05, 0) is 13.8 Å². The second-order valence-corrected chi connectivity index (χ2v) is 3.13. The van der Waals surface area contributed by atoms with Crippen LogP contribution in [0.2, 0.25) is 0 Å². The molecule has 2 N–H and O–H groups in total. The highest BCUT2D eigenvalue weighted by atomic mass is 32.1. The zero-order valence-electron chi connectivity index (χ0n) is 7.37. The lowest BCUT2D eigenvalue weighted by molar-refractivity contribution is -0.138. The zero-order chi connectivity index (χ0) is 9.56. The summed E-state index contributed by atoms with van der Waals surface area (Å²) in [6.45, 7) is 4.52. The van der Waals surface area contributed by atoms with E-state index in [2.05, 4.69) is 17.9 Å². The number of thiol groups is 1. The van der Waals surface area contributed by atoms with E-state index in [1.54, 1.807) is 0 Å². The molecule has 3 nitrogen and oxygen atoms in total. The van der Waals surface area contributed by atoms with E-state index in [9.17, 15) is 4.79 Å². The molecule has 0 radical (unpaired) electrons. The first-order chi connectivity index (χ1) is 5.57. The van der Waals surface area contributed by atoms with Crippen LogP contribution in [0.3, 0.4) is 0 Å². The van der Waals surface area contributed by atoms with Gasteiger partial charge in [0.05, 0.1) is 0 Å². The summed E-state index contributed by atoms with van der Waals surface area (Å²) in [4.78, 5) is 10.5. The molecule has 0 bridgehead atoms. The Kier molecular flexibility index (Phi) is 5.84. The van der Waals surface area contributed by atoms with E-state index in [1.165, 1.54) is 5.57 Å². The Morgan fingerprint density at radius 1 is 1.67 bits per heavy atom. The molecule has 0 saturated carbocycles. The van der Waals surface area contributed by atoms with Crippen molar-refractivity contribution < 1.29 is 9.90 Å². The minimum atomic E-state index is -0.854. The predicted molar refractivity (Wildman–Crippen MR) is 52.7 cm³/mol. The number of carbonyl (C=O) groups is 1. The van der Waals surface area contributed by atoms with Gasteiger partial charge >= 0.3 is 5.97 Å². The van der Waals surface area contributed by atoms with Gasteiger partial charge in [-0.2, -0.15) is 12.6 Å². The Hall–Kier alpha value is -0.480. The van der Waals surface area contributed by atoms with E-state index >= 15 is 0 Å². The average molecular weight is 189 g/mol. The number of carboxylic acids is 1. The molecule has 0 rings (SSSR count). The summed E-state index contributed by atoms with van der Waals surface area (Å²) in [5.74, 6) is -0.543. The molecule has 0 spiro atoms. The normalized spacial score (nSPS) is 12.2. The first-order valence-electron chi connectivity index (χ1n) is 3.78. The molecule has 0 saturated heterocycles. The molecule has 0 aromatic carbocycles. The van der Waals surface area contributed by atoms with E-state index in [-0.39, 0.29) is 0 Å². The minimum Gasteiger partial charge on any atom is -0.480 e. The molecule has 0 aromatic rings. The molecule has 1 unspecified atom stereocenters. The SMILES string of the molecule is CC(C)=CCNC(CS)C(=O)O. The predicted octanol–water partition coefficient (Wildman–Crippen LogP) is 0.925. The standard InChI is InChI=1S/C8H15NO2S/c1-6(2)3-4-9-7(5-12)8(10)11/h3,7,9,12H,4-5H2,1-2H3,(H,10,11). The smallest absolute Gasteiger partial charge is 0.321 e. The Morgan fingerprint density at radius 3 is 2.58 bits per heavy atom. The van der Waals surface area contributed by atoms with Gasteiger partial charge in [0, 0.05) is 12.3 Å². The van der Waals surface area contributed by atoms with Crippen molar-refractivity contribution in [2.75, 3.05) is 12.3 Å². The van der Waals surface area contributed by atoms with Gasteiger partial charge in [0.25, 0.3) is 0 Å². The number of carboxylic acid groups (broad SMARTS) is 1. The van der Waals surface area contributed by atoms with Gasteiger partial charge in [0.2, 0.25) is 0 Å². The third kappa shape index (κ3) is 5.21. The lowest BCUT2D eigenvalue weighted by Crippen LogP contribution is -2.38. The molecular formula is C8H15NO2S. The van der Waals surface area contributed by atoms with Crippen molar-refractivity contribution in [2.24, 2.45) is 0 Å². The van der Waals surface area contributed by atoms with Crippen LogP contribution in [-0.2, 0) is 4.79 Å². The molecule has 0 aromatic heterocycles. The maximum absolute atomic E-state index is 10.5. The molecule has 0 aliphatic carbocycles. The summed E-state index contributed by atoms with van der Waals surface area (Å²) >= 11 is 3.92.